The lowest BCUT2D eigenvalue weighted by atomic mass is 9.76. The Kier molecular flexibility index (Phi) is 7.95. The molecule has 53 heavy (non-hydrogen) atoms. The zero-order valence-corrected chi connectivity index (χ0v) is 29.8. The van der Waals surface area contributed by atoms with E-state index in [2.05, 4.69) is 181 Å². The molecule has 1 unspecified atom stereocenters. The molecular formula is C51H40N2. The second-order valence-electron chi connectivity index (χ2n) is 14.4. The predicted octanol–water partition coefficient (Wildman–Crippen LogP) is 13.2. The fourth-order valence-corrected chi connectivity index (χ4v) is 8.81. The summed E-state index contributed by atoms with van der Waals surface area (Å²) in [5.74, 6) is 1.18. The first-order valence-electron chi connectivity index (χ1n) is 19.0. The zero-order chi connectivity index (χ0) is 35.1. The Morgan fingerprint density at radius 3 is 1.83 bits per heavy atom. The van der Waals surface area contributed by atoms with Gasteiger partial charge in [-0.15, -0.1) is 0 Å². The Labute approximate surface area is 311 Å². The molecule has 2 nitrogen and oxygen atoms in total. The van der Waals surface area contributed by atoms with Gasteiger partial charge in [-0.1, -0.05) is 158 Å². The predicted molar refractivity (Wildman–Crippen MR) is 223 cm³/mol. The van der Waals surface area contributed by atoms with E-state index in [9.17, 15) is 0 Å². The molecule has 10 rings (SSSR count). The summed E-state index contributed by atoms with van der Waals surface area (Å²) in [6.07, 6.45) is 23.5. The Balaban J connectivity index is 1.16. The topological polar surface area (TPSA) is 17.8 Å². The van der Waals surface area contributed by atoms with E-state index >= 15 is 0 Å². The Bertz CT molecular complexity index is 2610. The van der Waals surface area contributed by atoms with E-state index in [-0.39, 0.29) is 5.92 Å². The minimum Gasteiger partial charge on any atom is -0.292 e. The molecule has 0 fully saturated rings. The van der Waals surface area contributed by atoms with Crippen molar-refractivity contribution in [1.29, 1.82) is 0 Å². The molecule has 0 saturated carbocycles. The van der Waals surface area contributed by atoms with Gasteiger partial charge in [-0.05, 0) is 106 Å². The van der Waals surface area contributed by atoms with E-state index in [4.69, 9.17) is 4.98 Å². The van der Waals surface area contributed by atoms with Gasteiger partial charge in [-0.25, -0.2) is 4.98 Å². The summed E-state index contributed by atoms with van der Waals surface area (Å²) >= 11 is 0. The Morgan fingerprint density at radius 1 is 0.528 bits per heavy atom. The summed E-state index contributed by atoms with van der Waals surface area (Å²) in [6.45, 7) is 0. The highest BCUT2D eigenvalue weighted by Crippen LogP contribution is 2.46. The van der Waals surface area contributed by atoms with E-state index in [1.54, 1.807) is 0 Å². The SMILES string of the molecule is C1=CCC(c2nc(-c3ccccc3)n(-c3ccc(-c4c5c(c(-c6ccc7ccccc7c6)c6c4CCC=C6)CCC=C5)cc3)c2-c2ccccc2)C=C1. The van der Waals surface area contributed by atoms with Crippen LogP contribution >= 0.6 is 0 Å². The van der Waals surface area contributed by atoms with Crippen LogP contribution in [0, 0.1) is 0 Å². The third-order valence-electron chi connectivity index (χ3n) is 11.3. The second kappa shape index (κ2) is 13.4. The van der Waals surface area contributed by atoms with E-state index in [1.807, 2.05) is 0 Å². The number of fused-ring (bicyclic) bond motifs is 3. The number of hydrogen-bond donors (Lipinski definition) is 0. The van der Waals surface area contributed by atoms with E-state index in [0.29, 0.717) is 0 Å². The van der Waals surface area contributed by atoms with Crippen LogP contribution in [0.3, 0.4) is 0 Å². The highest BCUT2D eigenvalue weighted by Gasteiger charge is 2.28. The summed E-state index contributed by atoms with van der Waals surface area (Å²) < 4.78 is 2.40. The van der Waals surface area contributed by atoms with E-state index < -0.39 is 0 Å². The third-order valence-corrected chi connectivity index (χ3v) is 11.3. The van der Waals surface area contributed by atoms with Gasteiger partial charge in [-0.2, -0.15) is 0 Å². The number of imidazole rings is 1. The van der Waals surface area contributed by atoms with Crippen molar-refractivity contribution in [3.05, 3.63) is 192 Å². The molecule has 1 atom stereocenters. The number of benzene rings is 6. The lowest BCUT2D eigenvalue weighted by Crippen LogP contribution is -2.09. The van der Waals surface area contributed by atoms with Crippen LogP contribution in [0.1, 0.15) is 53.1 Å². The van der Waals surface area contributed by atoms with Crippen molar-refractivity contribution in [2.75, 3.05) is 0 Å². The lowest BCUT2D eigenvalue weighted by molar-refractivity contribution is 0.826. The minimum atomic E-state index is 0.206. The van der Waals surface area contributed by atoms with Crippen molar-refractivity contribution in [3.8, 4) is 50.6 Å². The van der Waals surface area contributed by atoms with E-state index in [0.717, 1.165) is 60.6 Å². The molecule has 0 aliphatic heterocycles. The summed E-state index contributed by atoms with van der Waals surface area (Å²) in [5, 5.41) is 2.58. The number of allylic oxidation sites excluding steroid dienone is 6. The van der Waals surface area contributed by atoms with Crippen LogP contribution in [0.4, 0.5) is 0 Å². The summed E-state index contributed by atoms with van der Waals surface area (Å²) in [7, 11) is 0. The van der Waals surface area contributed by atoms with Crippen LogP contribution in [0.25, 0.3) is 73.5 Å². The first-order chi connectivity index (χ1) is 26.3. The van der Waals surface area contributed by atoms with Crippen molar-refractivity contribution in [2.24, 2.45) is 0 Å². The van der Waals surface area contributed by atoms with Crippen LogP contribution in [0.2, 0.25) is 0 Å². The molecule has 254 valence electrons. The normalized spacial score (nSPS) is 15.8. The maximum Gasteiger partial charge on any atom is 0.145 e. The van der Waals surface area contributed by atoms with Gasteiger partial charge in [-0.3, -0.25) is 4.57 Å². The first kappa shape index (κ1) is 31.5. The molecule has 2 heteroatoms. The van der Waals surface area contributed by atoms with Crippen molar-refractivity contribution in [3.63, 3.8) is 0 Å². The Morgan fingerprint density at radius 2 is 1.15 bits per heavy atom. The fraction of sp³-hybridized carbons (Fsp3) is 0.118. The number of aromatic nitrogens is 2. The highest BCUT2D eigenvalue weighted by molar-refractivity contribution is 5.96. The molecule has 6 aromatic carbocycles. The monoisotopic (exact) mass is 680 g/mol. The van der Waals surface area contributed by atoms with Gasteiger partial charge in [0, 0.05) is 22.7 Å². The van der Waals surface area contributed by atoms with Crippen LogP contribution in [-0.4, -0.2) is 9.55 Å². The summed E-state index contributed by atoms with van der Waals surface area (Å²) in [4.78, 5) is 5.47. The first-order valence-corrected chi connectivity index (χ1v) is 19.0. The lowest BCUT2D eigenvalue weighted by Gasteiger charge is -2.28. The molecule has 0 radical (unpaired) electrons. The van der Waals surface area contributed by atoms with Gasteiger partial charge in [0.25, 0.3) is 0 Å². The maximum atomic E-state index is 5.47. The smallest absolute Gasteiger partial charge is 0.145 e. The van der Waals surface area contributed by atoms with Crippen LogP contribution < -0.4 is 0 Å². The van der Waals surface area contributed by atoms with Gasteiger partial charge in [0.2, 0.25) is 0 Å². The van der Waals surface area contributed by atoms with Crippen LogP contribution in [0.5, 0.6) is 0 Å². The van der Waals surface area contributed by atoms with E-state index in [1.165, 1.54) is 60.8 Å². The number of nitrogens with zero attached hydrogens (tertiary/aromatic N) is 2. The molecule has 0 N–H and O–H groups in total. The van der Waals surface area contributed by atoms with Crippen molar-refractivity contribution < 1.29 is 0 Å². The average Bonchev–Trinajstić information content (AvgIpc) is 3.64. The molecule has 7 aromatic rings. The highest BCUT2D eigenvalue weighted by atomic mass is 15.1. The van der Waals surface area contributed by atoms with Gasteiger partial charge in [0.1, 0.15) is 5.82 Å². The molecular weight excluding hydrogens is 641 g/mol. The minimum absolute atomic E-state index is 0.206. The zero-order valence-electron chi connectivity index (χ0n) is 29.8. The van der Waals surface area contributed by atoms with Crippen molar-refractivity contribution in [2.45, 2.75) is 38.0 Å². The molecule has 1 heterocycles. The number of rotatable bonds is 6. The fourth-order valence-electron chi connectivity index (χ4n) is 8.81. The molecule has 1 aromatic heterocycles. The summed E-state index contributed by atoms with van der Waals surface area (Å²) in [5.41, 5.74) is 16.8. The summed E-state index contributed by atoms with van der Waals surface area (Å²) in [6, 6.07) is 46.5. The largest absolute Gasteiger partial charge is 0.292 e. The van der Waals surface area contributed by atoms with Gasteiger partial charge in [0.05, 0.1) is 11.4 Å². The Hall–Kier alpha value is -6.25. The maximum absolute atomic E-state index is 5.47. The standard InChI is InChI=1S/C51H40N2/c1-4-17-37(18-5-1)49-50(38-19-6-2-7-20-38)53(51(52-49)39-21-8-3-9-22-39)42-32-30-36(31-33-42)47-43-24-12-14-26-45(43)48(46-27-15-13-25-44(46)47)41-29-28-35-16-10-11-23-40(35)34-41/h1-12,15-17,19-24,27-34,37H,13-14,18,25-26H2. The molecule has 0 bridgehead atoms. The molecule has 0 saturated heterocycles. The second-order valence-corrected chi connectivity index (χ2v) is 14.4. The molecule has 0 amide bonds. The third kappa shape index (κ3) is 5.54. The van der Waals surface area contributed by atoms with Crippen LogP contribution in [-0.2, 0) is 12.8 Å². The van der Waals surface area contributed by atoms with Gasteiger partial charge in [0.15, 0.2) is 0 Å². The van der Waals surface area contributed by atoms with Crippen molar-refractivity contribution >= 4 is 22.9 Å². The number of hydrogen-bond acceptors (Lipinski definition) is 1. The van der Waals surface area contributed by atoms with Gasteiger partial charge >= 0.3 is 0 Å². The van der Waals surface area contributed by atoms with Crippen molar-refractivity contribution in [1.82, 2.24) is 9.55 Å². The van der Waals surface area contributed by atoms with Gasteiger partial charge < -0.3 is 0 Å². The molecule has 3 aliphatic carbocycles. The molecule has 3 aliphatic rings. The molecule has 0 spiro atoms. The average molecular weight is 681 g/mol. The quantitative estimate of drug-likeness (QED) is 0.171. The van der Waals surface area contributed by atoms with Crippen LogP contribution in [0.15, 0.2) is 164 Å².